The van der Waals surface area contributed by atoms with Crippen LogP contribution in [0.3, 0.4) is 0 Å². The van der Waals surface area contributed by atoms with Crippen LogP contribution in [0.4, 0.5) is 4.39 Å². The maximum atomic E-state index is 13.4. The van der Waals surface area contributed by atoms with Crippen molar-refractivity contribution in [2.24, 2.45) is 5.92 Å². The number of aliphatic hydroxyl groups excluding tert-OH is 1. The van der Waals surface area contributed by atoms with Gasteiger partial charge in [0.2, 0.25) is 0 Å². The molecule has 0 aliphatic carbocycles. The largest absolute Gasteiger partial charge is 0.387 e. The first-order chi connectivity index (χ1) is 13.5. The highest BCUT2D eigenvalue weighted by Crippen LogP contribution is 2.29. The van der Waals surface area contributed by atoms with Crippen LogP contribution in [0.5, 0.6) is 0 Å². The molecule has 1 N–H and O–H groups in total. The van der Waals surface area contributed by atoms with Crippen LogP contribution < -0.4 is 0 Å². The van der Waals surface area contributed by atoms with Crippen LogP contribution in [0, 0.1) is 11.7 Å². The summed E-state index contributed by atoms with van der Waals surface area (Å²) in [5, 5.41) is 11.2. The third-order valence-electron chi connectivity index (χ3n) is 5.10. The van der Waals surface area contributed by atoms with Crippen LogP contribution in [0.15, 0.2) is 84.9 Å². The second kappa shape index (κ2) is 9.63. The zero-order chi connectivity index (χ0) is 19.9. The molecule has 0 aliphatic heterocycles. The van der Waals surface area contributed by atoms with Crippen LogP contribution >= 0.6 is 0 Å². The van der Waals surface area contributed by atoms with E-state index in [1.807, 2.05) is 36.4 Å². The van der Waals surface area contributed by atoms with Gasteiger partial charge in [-0.05, 0) is 34.7 Å². The van der Waals surface area contributed by atoms with E-state index in [1.165, 1.54) is 23.3 Å². The first-order valence-corrected chi connectivity index (χ1v) is 9.80. The molecule has 2 nitrogen and oxygen atoms in total. The fourth-order valence-electron chi connectivity index (χ4n) is 3.75. The number of hydrogen-bond donors (Lipinski definition) is 1. The van der Waals surface area contributed by atoms with Crippen molar-refractivity contribution < 1.29 is 9.50 Å². The Labute approximate surface area is 167 Å². The van der Waals surface area contributed by atoms with Gasteiger partial charge in [-0.25, -0.2) is 4.39 Å². The van der Waals surface area contributed by atoms with Crippen molar-refractivity contribution in [3.8, 4) is 0 Å². The maximum Gasteiger partial charge on any atom is 0.123 e. The van der Waals surface area contributed by atoms with Crippen molar-refractivity contribution in [2.75, 3.05) is 0 Å². The smallest absolute Gasteiger partial charge is 0.123 e. The Hall–Kier alpha value is -2.49. The molecule has 0 aliphatic rings. The van der Waals surface area contributed by atoms with Gasteiger partial charge in [0.15, 0.2) is 0 Å². The van der Waals surface area contributed by atoms with Crippen LogP contribution in [0.1, 0.15) is 36.6 Å². The summed E-state index contributed by atoms with van der Waals surface area (Å²) in [5.74, 6) is -0.0741. The van der Waals surface area contributed by atoms with E-state index in [0.717, 1.165) is 18.7 Å². The normalized spacial score (nSPS) is 13.6. The monoisotopic (exact) mass is 377 g/mol. The highest BCUT2D eigenvalue weighted by Gasteiger charge is 2.30. The SMILES string of the molecule is CC(C)[C@@H]([C@H](O)c1ccc(F)cc1)N(Cc1ccccc1)Cc1ccccc1. The molecule has 3 aromatic rings. The average molecular weight is 378 g/mol. The lowest BCUT2D eigenvalue weighted by Crippen LogP contribution is -2.42. The molecule has 3 aromatic carbocycles. The predicted octanol–water partition coefficient (Wildman–Crippen LogP) is 5.59. The molecule has 0 aromatic heterocycles. The summed E-state index contributed by atoms with van der Waals surface area (Å²) in [4.78, 5) is 2.32. The van der Waals surface area contributed by atoms with E-state index >= 15 is 0 Å². The quantitative estimate of drug-likeness (QED) is 0.553. The molecule has 0 amide bonds. The van der Waals surface area contributed by atoms with Crippen molar-refractivity contribution in [3.63, 3.8) is 0 Å². The van der Waals surface area contributed by atoms with Gasteiger partial charge in [0.25, 0.3) is 0 Å². The highest BCUT2D eigenvalue weighted by atomic mass is 19.1. The van der Waals surface area contributed by atoms with Gasteiger partial charge in [-0.3, -0.25) is 4.90 Å². The molecule has 0 bridgehead atoms. The molecule has 0 fully saturated rings. The topological polar surface area (TPSA) is 23.5 Å². The van der Waals surface area contributed by atoms with Crippen LogP contribution in [-0.4, -0.2) is 16.0 Å². The minimum atomic E-state index is -0.701. The Kier molecular flexibility index (Phi) is 6.96. The fraction of sp³-hybridized carbons (Fsp3) is 0.280. The molecule has 28 heavy (non-hydrogen) atoms. The Bertz CT molecular complexity index is 792. The summed E-state index contributed by atoms with van der Waals surface area (Å²) < 4.78 is 13.4. The predicted molar refractivity (Wildman–Crippen MR) is 112 cm³/mol. The standard InChI is InChI=1S/C25H28FNO/c1-19(2)24(25(28)22-13-15-23(26)16-14-22)27(17-20-9-5-3-6-10-20)18-21-11-7-4-8-12-21/h3-16,19,24-25,28H,17-18H2,1-2H3/t24-,25+/m0/s1. The number of halogens is 1. The van der Waals surface area contributed by atoms with Gasteiger partial charge >= 0.3 is 0 Å². The summed E-state index contributed by atoms with van der Waals surface area (Å²) in [6.45, 7) is 5.72. The zero-order valence-electron chi connectivity index (χ0n) is 16.5. The molecule has 2 atom stereocenters. The van der Waals surface area contributed by atoms with E-state index in [-0.39, 0.29) is 17.8 Å². The van der Waals surface area contributed by atoms with Crippen molar-refractivity contribution in [2.45, 2.75) is 39.1 Å². The first-order valence-electron chi connectivity index (χ1n) is 9.80. The molecule has 0 radical (unpaired) electrons. The van der Waals surface area contributed by atoms with Crippen molar-refractivity contribution in [1.82, 2.24) is 4.90 Å². The van der Waals surface area contributed by atoms with Crippen molar-refractivity contribution in [3.05, 3.63) is 107 Å². The van der Waals surface area contributed by atoms with E-state index in [4.69, 9.17) is 0 Å². The van der Waals surface area contributed by atoms with Gasteiger partial charge in [-0.15, -0.1) is 0 Å². The summed E-state index contributed by atoms with van der Waals surface area (Å²) in [6, 6.07) is 26.7. The van der Waals surface area contributed by atoms with Gasteiger partial charge in [-0.2, -0.15) is 0 Å². The summed E-state index contributed by atoms with van der Waals surface area (Å²) in [6.07, 6.45) is -0.701. The molecule has 0 saturated carbocycles. The Morgan fingerprint density at radius 3 is 1.64 bits per heavy atom. The molecule has 146 valence electrons. The lowest BCUT2D eigenvalue weighted by Gasteiger charge is -2.38. The van der Waals surface area contributed by atoms with Crippen molar-refractivity contribution in [1.29, 1.82) is 0 Å². The van der Waals surface area contributed by atoms with E-state index < -0.39 is 6.10 Å². The molecular formula is C25H28FNO. The lowest BCUT2D eigenvalue weighted by molar-refractivity contribution is 0.0128. The Morgan fingerprint density at radius 1 is 0.750 bits per heavy atom. The number of aliphatic hydroxyl groups is 1. The van der Waals surface area contributed by atoms with E-state index in [1.54, 1.807) is 12.1 Å². The van der Waals surface area contributed by atoms with Gasteiger partial charge in [0, 0.05) is 19.1 Å². The third-order valence-corrected chi connectivity index (χ3v) is 5.10. The molecule has 3 rings (SSSR count). The first kappa shape index (κ1) is 20.2. The number of nitrogens with zero attached hydrogens (tertiary/aromatic N) is 1. The lowest BCUT2D eigenvalue weighted by atomic mass is 9.91. The summed E-state index contributed by atoms with van der Waals surface area (Å²) in [7, 11) is 0. The summed E-state index contributed by atoms with van der Waals surface area (Å²) in [5.41, 5.74) is 3.15. The average Bonchev–Trinajstić information content (AvgIpc) is 2.70. The molecule has 0 saturated heterocycles. The van der Waals surface area contributed by atoms with Crippen LogP contribution in [-0.2, 0) is 13.1 Å². The van der Waals surface area contributed by atoms with Crippen LogP contribution in [0.25, 0.3) is 0 Å². The Morgan fingerprint density at radius 2 is 1.21 bits per heavy atom. The fourth-order valence-corrected chi connectivity index (χ4v) is 3.75. The number of rotatable bonds is 8. The second-order valence-corrected chi connectivity index (χ2v) is 7.61. The number of hydrogen-bond acceptors (Lipinski definition) is 2. The minimum Gasteiger partial charge on any atom is -0.387 e. The van der Waals surface area contributed by atoms with Gasteiger partial charge in [0.1, 0.15) is 5.82 Å². The molecular weight excluding hydrogens is 349 g/mol. The minimum absolute atomic E-state index is 0.106. The van der Waals surface area contributed by atoms with E-state index in [0.29, 0.717) is 0 Å². The molecule has 0 unspecified atom stereocenters. The van der Waals surface area contributed by atoms with Gasteiger partial charge in [-0.1, -0.05) is 86.6 Å². The van der Waals surface area contributed by atoms with Crippen molar-refractivity contribution >= 4 is 0 Å². The number of benzene rings is 3. The molecule has 3 heteroatoms. The second-order valence-electron chi connectivity index (χ2n) is 7.61. The molecule has 0 spiro atoms. The zero-order valence-corrected chi connectivity index (χ0v) is 16.5. The third kappa shape index (κ3) is 5.28. The summed E-state index contributed by atoms with van der Waals surface area (Å²) >= 11 is 0. The van der Waals surface area contributed by atoms with E-state index in [9.17, 15) is 9.50 Å². The maximum absolute atomic E-state index is 13.4. The van der Waals surface area contributed by atoms with E-state index in [2.05, 4.69) is 43.0 Å². The van der Waals surface area contributed by atoms with Crippen LogP contribution in [0.2, 0.25) is 0 Å². The molecule has 0 heterocycles. The Balaban J connectivity index is 1.92. The van der Waals surface area contributed by atoms with Gasteiger partial charge < -0.3 is 5.11 Å². The van der Waals surface area contributed by atoms with Gasteiger partial charge in [0.05, 0.1) is 6.10 Å². The highest BCUT2D eigenvalue weighted by molar-refractivity contribution is 5.22.